The lowest BCUT2D eigenvalue weighted by molar-refractivity contribution is 0.0914. The number of para-hydroxylation sites is 2. The molecule has 0 bridgehead atoms. The SMILES string of the molecule is COc1ccccc1N1CCN(c2cnc(C(=O)NC(C)(C)C)cn2)CC1. The minimum atomic E-state index is -0.299. The second kappa shape index (κ2) is 7.82. The van der Waals surface area contributed by atoms with Gasteiger partial charge in [0.25, 0.3) is 5.91 Å². The number of ether oxygens (including phenoxy) is 1. The summed E-state index contributed by atoms with van der Waals surface area (Å²) in [4.78, 5) is 25.4. The molecule has 2 aromatic rings. The Morgan fingerprint density at radius 3 is 2.30 bits per heavy atom. The van der Waals surface area contributed by atoms with E-state index in [0.29, 0.717) is 5.69 Å². The Kier molecular flexibility index (Phi) is 5.48. The Morgan fingerprint density at radius 2 is 1.70 bits per heavy atom. The number of amides is 1. The van der Waals surface area contributed by atoms with Gasteiger partial charge in [-0.3, -0.25) is 4.79 Å². The average molecular weight is 369 g/mol. The maximum absolute atomic E-state index is 12.2. The van der Waals surface area contributed by atoms with Gasteiger partial charge in [-0.05, 0) is 32.9 Å². The number of carbonyl (C=O) groups excluding carboxylic acids is 1. The van der Waals surface area contributed by atoms with E-state index in [1.54, 1.807) is 19.5 Å². The summed E-state index contributed by atoms with van der Waals surface area (Å²) in [6, 6.07) is 8.06. The van der Waals surface area contributed by atoms with Crippen LogP contribution in [0.1, 0.15) is 31.3 Å². The predicted octanol–water partition coefficient (Wildman–Crippen LogP) is 2.34. The third-order valence-corrected chi connectivity index (χ3v) is 4.39. The van der Waals surface area contributed by atoms with Crippen LogP contribution in [-0.4, -0.2) is 54.7 Å². The summed E-state index contributed by atoms with van der Waals surface area (Å²) in [6.45, 7) is 9.22. The molecule has 1 N–H and O–H groups in total. The lowest BCUT2D eigenvalue weighted by Gasteiger charge is -2.37. The van der Waals surface area contributed by atoms with Crippen molar-refractivity contribution in [1.82, 2.24) is 15.3 Å². The fourth-order valence-corrected chi connectivity index (χ4v) is 3.07. The van der Waals surface area contributed by atoms with Crippen LogP contribution in [-0.2, 0) is 0 Å². The van der Waals surface area contributed by atoms with Gasteiger partial charge in [-0.1, -0.05) is 12.1 Å². The van der Waals surface area contributed by atoms with Gasteiger partial charge in [0, 0.05) is 31.7 Å². The van der Waals surface area contributed by atoms with E-state index in [4.69, 9.17) is 4.74 Å². The molecule has 7 heteroatoms. The van der Waals surface area contributed by atoms with Crippen LogP contribution in [0.15, 0.2) is 36.7 Å². The van der Waals surface area contributed by atoms with E-state index < -0.39 is 0 Å². The number of benzene rings is 1. The zero-order chi connectivity index (χ0) is 19.4. The number of aromatic nitrogens is 2. The van der Waals surface area contributed by atoms with Crippen LogP contribution < -0.4 is 19.9 Å². The molecule has 1 aromatic carbocycles. The highest BCUT2D eigenvalue weighted by molar-refractivity contribution is 5.92. The number of nitrogens with zero attached hydrogens (tertiary/aromatic N) is 4. The third kappa shape index (κ3) is 4.67. The quantitative estimate of drug-likeness (QED) is 0.892. The zero-order valence-electron chi connectivity index (χ0n) is 16.4. The molecule has 0 radical (unpaired) electrons. The van der Waals surface area contributed by atoms with E-state index in [2.05, 4.69) is 31.2 Å². The van der Waals surface area contributed by atoms with Gasteiger partial charge in [-0.2, -0.15) is 0 Å². The van der Waals surface area contributed by atoms with Gasteiger partial charge in [0.2, 0.25) is 0 Å². The highest BCUT2D eigenvalue weighted by Gasteiger charge is 2.21. The molecule has 2 heterocycles. The molecule has 0 aliphatic carbocycles. The highest BCUT2D eigenvalue weighted by atomic mass is 16.5. The van der Waals surface area contributed by atoms with Crippen LogP contribution in [0.25, 0.3) is 0 Å². The van der Waals surface area contributed by atoms with Crippen LogP contribution >= 0.6 is 0 Å². The monoisotopic (exact) mass is 369 g/mol. The molecule has 3 rings (SSSR count). The molecule has 1 aliphatic rings. The lowest BCUT2D eigenvalue weighted by atomic mass is 10.1. The van der Waals surface area contributed by atoms with Gasteiger partial charge in [-0.25, -0.2) is 9.97 Å². The average Bonchev–Trinajstić information content (AvgIpc) is 2.67. The van der Waals surface area contributed by atoms with Crippen LogP contribution in [0, 0.1) is 0 Å². The topological polar surface area (TPSA) is 70.6 Å². The zero-order valence-corrected chi connectivity index (χ0v) is 16.4. The minimum Gasteiger partial charge on any atom is -0.495 e. The third-order valence-electron chi connectivity index (χ3n) is 4.39. The van der Waals surface area contributed by atoms with Crippen molar-refractivity contribution >= 4 is 17.4 Å². The molecule has 1 aromatic heterocycles. The number of hydrogen-bond donors (Lipinski definition) is 1. The van der Waals surface area contributed by atoms with Crippen molar-refractivity contribution in [2.45, 2.75) is 26.3 Å². The molecule has 144 valence electrons. The molecular formula is C20H27N5O2. The van der Waals surface area contributed by atoms with E-state index in [1.807, 2.05) is 39.0 Å². The van der Waals surface area contributed by atoms with Gasteiger partial charge >= 0.3 is 0 Å². The Morgan fingerprint density at radius 1 is 1.04 bits per heavy atom. The van der Waals surface area contributed by atoms with Gasteiger partial charge in [0.05, 0.1) is 25.2 Å². The largest absolute Gasteiger partial charge is 0.495 e. The molecule has 0 spiro atoms. The maximum Gasteiger partial charge on any atom is 0.271 e. The predicted molar refractivity (Wildman–Crippen MR) is 107 cm³/mol. The molecule has 0 saturated carbocycles. The fourth-order valence-electron chi connectivity index (χ4n) is 3.07. The summed E-state index contributed by atoms with van der Waals surface area (Å²) in [7, 11) is 1.70. The summed E-state index contributed by atoms with van der Waals surface area (Å²) in [6.07, 6.45) is 3.22. The Hall–Kier alpha value is -2.83. The molecule has 1 saturated heterocycles. The summed E-state index contributed by atoms with van der Waals surface area (Å²) >= 11 is 0. The lowest BCUT2D eigenvalue weighted by Crippen LogP contribution is -2.47. The molecular weight excluding hydrogens is 342 g/mol. The normalized spacial score (nSPS) is 14.8. The molecule has 1 aliphatic heterocycles. The molecule has 27 heavy (non-hydrogen) atoms. The number of rotatable bonds is 4. The summed E-state index contributed by atoms with van der Waals surface area (Å²) in [5.41, 5.74) is 1.15. The van der Waals surface area contributed by atoms with E-state index in [9.17, 15) is 4.79 Å². The van der Waals surface area contributed by atoms with Gasteiger partial charge in [-0.15, -0.1) is 0 Å². The number of hydrogen-bond acceptors (Lipinski definition) is 6. The van der Waals surface area contributed by atoms with Gasteiger partial charge in [0.15, 0.2) is 0 Å². The van der Waals surface area contributed by atoms with Crippen molar-refractivity contribution in [1.29, 1.82) is 0 Å². The second-order valence-electron chi connectivity index (χ2n) is 7.61. The van der Waals surface area contributed by atoms with Crippen molar-refractivity contribution in [2.24, 2.45) is 0 Å². The van der Waals surface area contributed by atoms with Gasteiger partial charge in [0.1, 0.15) is 17.3 Å². The first kappa shape index (κ1) is 18.9. The molecule has 1 fully saturated rings. The summed E-state index contributed by atoms with van der Waals surface area (Å²) in [5, 5.41) is 2.90. The second-order valence-corrected chi connectivity index (χ2v) is 7.61. The molecule has 0 unspecified atom stereocenters. The van der Waals surface area contributed by atoms with E-state index in [0.717, 1.165) is 43.4 Å². The Bertz CT molecular complexity index is 778. The Balaban J connectivity index is 1.62. The van der Waals surface area contributed by atoms with Crippen molar-refractivity contribution in [3.05, 3.63) is 42.4 Å². The minimum absolute atomic E-state index is 0.206. The van der Waals surface area contributed by atoms with Crippen molar-refractivity contribution in [3.8, 4) is 5.75 Å². The summed E-state index contributed by atoms with van der Waals surface area (Å²) in [5.74, 6) is 1.48. The maximum atomic E-state index is 12.2. The molecule has 1 amide bonds. The fraction of sp³-hybridized carbons (Fsp3) is 0.450. The first-order chi connectivity index (χ1) is 12.9. The standard InChI is InChI=1S/C20H27N5O2/c1-20(2,3)23-19(26)15-13-22-18(14-21-15)25-11-9-24(10-12-25)16-7-5-6-8-17(16)27-4/h5-8,13-14H,9-12H2,1-4H3,(H,23,26). The number of anilines is 2. The smallest absolute Gasteiger partial charge is 0.271 e. The van der Waals surface area contributed by atoms with Crippen LogP contribution in [0.5, 0.6) is 5.75 Å². The van der Waals surface area contributed by atoms with Gasteiger partial charge < -0.3 is 19.9 Å². The number of piperazine rings is 1. The van der Waals surface area contributed by atoms with Crippen molar-refractivity contribution in [3.63, 3.8) is 0 Å². The number of carbonyl (C=O) groups is 1. The van der Waals surface area contributed by atoms with Crippen LogP contribution in [0.2, 0.25) is 0 Å². The molecule has 0 atom stereocenters. The first-order valence-electron chi connectivity index (χ1n) is 9.15. The van der Waals surface area contributed by atoms with Crippen LogP contribution in [0.3, 0.4) is 0 Å². The summed E-state index contributed by atoms with van der Waals surface area (Å²) < 4.78 is 5.46. The van der Waals surface area contributed by atoms with E-state index >= 15 is 0 Å². The highest BCUT2D eigenvalue weighted by Crippen LogP contribution is 2.28. The van der Waals surface area contributed by atoms with Crippen molar-refractivity contribution in [2.75, 3.05) is 43.1 Å². The Labute approximate surface area is 160 Å². The van der Waals surface area contributed by atoms with Crippen LogP contribution in [0.4, 0.5) is 11.5 Å². The molecule has 7 nitrogen and oxygen atoms in total. The van der Waals surface area contributed by atoms with Crippen molar-refractivity contribution < 1.29 is 9.53 Å². The number of nitrogens with one attached hydrogen (secondary N) is 1. The number of methoxy groups -OCH3 is 1. The van der Waals surface area contributed by atoms with E-state index in [1.165, 1.54) is 0 Å². The van der Waals surface area contributed by atoms with E-state index in [-0.39, 0.29) is 11.4 Å². The first-order valence-corrected chi connectivity index (χ1v) is 9.15.